The minimum absolute atomic E-state index is 0.0189. The van der Waals surface area contributed by atoms with Crippen LogP contribution in [0.4, 0.5) is 26.3 Å². The summed E-state index contributed by atoms with van der Waals surface area (Å²) in [6.45, 7) is 2.43. The lowest BCUT2D eigenvalue weighted by atomic mass is 9.82. The Balaban J connectivity index is 0.000000404. The van der Waals surface area contributed by atoms with Gasteiger partial charge in [-0.3, -0.25) is 9.78 Å². The minimum Gasteiger partial charge on any atom is -0.475 e. The average molecular weight is 545 g/mol. The van der Waals surface area contributed by atoms with Crippen molar-refractivity contribution in [1.82, 2.24) is 14.8 Å². The Morgan fingerprint density at radius 1 is 1.05 bits per heavy atom. The first-order valence-corrected chi connectivity index (χ1v) is 11.0. The van der Waals surface area contributed by atoms with E-state index in [1.165, 1.54) is 0 Å². The Labute approximate surface area is 209 Å². The molecular weight excluding hydrogens is 516 g/mol. The van der Waals surface area contributed by atoms with Crippen LogP contribution in [0.5, 0.6) is 0 Å². The second kappa shape index (κ2) is 13.6. The first kappa shape index (κ1) is 32.1. The van der Waals surface area contributed by atoms with Crippen molar-refractivity contribution < 1.29 is 55.7 Å². The molecule has 1 aromatic heterocycles. The minimum atomic E-state index is -5.08. The van der Waals surface area contributed by atoms with E-state index in [0.29, 0.717) is 12.5 Å². The highest BCUT2D eigenvalue weighted by atomic mass is 19.4. The lowest BCUT2D eigenvalue weighted by Gasteiger charge is -2.47. The van der Waals surface area contributed by atoms with Gasteiger partial charge < -0.3 is 24.7 Å². The van der Waals surface area contributed by atoms with Gasteiger partial charge in [0.15, 0.2) is 0 Å². The molecule has 37 heavy (non-hydrogen) atoms. The molecule has 0 aromatic carbocycles. The molecule has 1 spiro atoms. The fourth-order valence-corrected chi connectivity index (χ4v) is 3.72. The number of nitrogens with zero attached hydrogens (tertiary/aromatic N) is 3. The smallest absolute Gasteiger partial charge is 0.475 e. The number of alkyl halides is 6. The largest absolute Gasteiger partial charge is 0.490 e. The number of carbonyl (C=O) groups is 3. The van der Waals surface area contributed by atoms with Gasteiger partial charge >= 0.3 is 24.3 Å². The summed E-state index contributed by atoms with van der Waals surface area (Å²) >= 11 is 0. The van der Waals surface area contributed by atoms with Gasteiger partial charge in [0.2, 0.25) is 5.91 Å². The van der Waals surface area contributed by atoms with Crippen LogP contribution in [0.15, 0.2) is 24.4 Å². The molecule has 1 amide bonds. The molecule has 2 aliphatic heterocycles. The number of amides is 1. The number of aliphatic carboxylic acids is 2. The standard InChI is InChI=1S/C18H27N3O2.2C2HF3O2/c1-20(2)16-6-12-23-18(14-16)7-10-21(11-8-18)17(22)13-15-5-3-4-9-19-15;2*3-2(4,5)1(6)7/h3-5,9,16H,6-8,10-14H2,1-2H3;2*(H,6,7). The first-order valence-electron chi connectivity index (χ1n) is 11.0. The van der Waals surface area contributed by atoms with Crippen LogP contribution < -0.4 is 0 Å². The van der Waals surface area contributed by atoms with E-state index in [1.807, 2.05) is 23.1 Å². The van der Waals surface area contributed by atoms with Crippen molar-refractivity contribution in [3.8, 4) is 0 Å². The summed E-state index contributed by atoms with van der Waals surface area (Å²) in [5, 5.41) is 14.2. The highest BCUT2D eigenvalue weighted by Gasteiger charge is 2.42. The van der Waals surface area contributed by atoms with E-state index in [1.54, 1.807) is 6.20 Å². The summed E-state index contributed by atoms with van der Waals surface area (Å²) < 4.78 is 69.6. The molecule has 3 heterocycles. The predicted molar refractivity (Wildman–Crippen MR) is 117 cm³/mol. The molecule has 2 fully saturated rings. The molecule has 0 bridgehead atoms. The number of ether oxygens (including phenoxy) is 1. The molecule has 15 heteroatoms. The summed E-state index contributed by atoms with van der Waals surface area (Å²) in [7, 11) is 4.30. The molecule has 2 aliphatic rings. The molecule has 2 saturated heterocycles. The molecule has 1 aromatic rings. The fourth-order valence-electron chi connectivity index (χ4n) is 3.72. The van der Waals surface area contributed by atoms with Gasteiger partial charge in [-0.15, -0.1) is 0 Å². The number of halogens is 6. The van der Waals surface area contributed by atoms with Crippen molar-refractivity contribution in [3.63, 3.8) is 0 Å². The van der Waals surface area contributed by atoms with Crippen LogP contribution in [0.2, 0.25) is 0 Å². The van der Waals surface area contributed by atoms with Crippen molar-refractivity contribution in [2.24, 2.45) is 0 Å². The van der Waals surface area contributed by atoms with E-state index in [0.717, 1.165) is 51.1 Å². The number of likely N-dealkylation sites (tertiary alicyclic amines) is 1. The number of rotatable bonds is 3. The van der Waals surface area contributed by atoms with E-state index < -0.39 is 24.3 Å². The topological polar surface area (TPSA) is 120 Å². The van der Waals surface area contributed by atoms with E-state index in [4.69, 9.17) is 24.5 Å². The lowest BCUT2D eigenvalue weighted by Crippen LogP contribution is -2.53. The van der Waals surface area contributed by atoms with Gasteiger partial charge in [-0.05, 0) is 51.9 Å². The van der Waals surface area contributed by atoms with Crippen LogP contribution in [0.3, 0.4) is 0 Å². The maximum atomic E-state index is 12.4. The Morgan fingerprint density at radius 3 is 1.97 bits per heavy atom. The predicted octanol–water partition coefficient (Wildman–Crippen LogP) is 2.99. The van der Waals surface area contributed by atoms with Gasteiger partial charge in [-0.1, -0.05) is 6.07 Å². The number of carbonyl (C=O) groups excluding carboxylic acids is 1. The average Bonchev–Trinajstić information content (AvgIpc) is 2.80. The van der Waals surface area contributed by atoms with Crippen LogP contribution in [0, 0.1) is 0 Å². The number of carboxylic acid groups (broad SMARTS) is 2. The fraction of sp³-hybridized carbons (Fsp3) is 0.636. The highest BCUT2D eigenvalue weighted by molar-refractivity contribution is 5.78. The molecule has 3 rings (SSSR count). The third kappa shape index (κ3) is 11.3. The van der Waals surface area contributed by atoms with Gasteiger partial charge in [0.25, 0.3) is 0 Å². The van der Waals surface area contributed by atoms with E-state index in [-0.39, 0.29) is 11.5 Å². The van der Waals surface area contributed by atoms with Crippen molar-refractivity contribution in [2.75, 3.05) is 33.8 Å². The lowest BCUT2D eigenvalue weighted by molar-refractivity contribution is -0.193. The zero-order chi connectivity index (χ0) is 28.4. The summed E-state index contributed by atoms with van der Waals surface area (Å²) in [6.07, 6.45) is -3.93. The third-order valence-electron chi connectivity index (χ3n) is 5.77. The Bertz CT molecular complexity index is 863. The van der Waals surface area contributed by atoms with Crippen LogP contribution in [0.25, 0.3) is 0 Å². The first-order chi connectivity index (χ1) is 17.0. The van der Waals surface area contributed by atoms with Gasteiger partial charge in [0.1, 0.15) is 0 Å². The Hall–Kier alpha value is -2.94. The quantitative estimate of drug-likeness (QED) is 0.557. The highest BCUT2D eigenvalue weighted by Crippen LogP contribution is 2.36. The number of hydrogen-bond acceptors (Lipinski definition) is 6. The molecule has 1 atom stereocenters. The van der Waals surface area contributed by atoms with Crippen LogP contribution >= 0.6 is 0 Å². The molecule has 0 aliphatic carbocycles. The maximum Gasteiger partial charge on any atom is 0.490 e. The SMILES string of the molecule is CN(C)C1CCOC2(CCN(C(=O)Cc3ccccn3)CC2)C1.O=C(O)C(F)(F)F.O=C(O)C(F)(F)F. The molecule has 210 valence electrons. The number of hydrogen-bond donors (Lipinski definition) is 2. The van der Waals surface area contributed by atoms with Gasteiger partial charge in [-0.25, -0.2) is 9.59 Å². The second-order valence-electron chi connectivity index (χ2n) is 8.63. The van der Waals surface area contributed by atoms with Gasteiger partial charge in [-0.2, -0.15) is 26.3 Å². The maximum absolute atomic E-state index is 12.4. The number of piperidine rings is 1. The molecule has 9 nitrogen and oxygen atoms in total. The normalized spacial score (nSPS) is 19.3. The van der Waals surface area contributed by atoms with Gasteiger partial charge in [0.05, 0.1) is 12.0 Å². The van der Waals surface area contributed by atoms with E-state index in [9.17, 15) is 31.1 Å². The molecule has 0 radical (unpaired) electrons. The Morgan fingerprint density at radius 2 is 1.57 bits per heavy atom. The number of pyridine rings is 1. The summed E-state index contributed by atoms with van der Waals surface area (Å²) in [5.41, 5.74) is 0.828. The van der Waals surface area contributed by atoms with Gasteiger partial charge in [0, 0.05) is 37.6 Å². The molecular formula is C22H29F6N3O6. The van der Waals surface area contributed by atoms with Crippen molar-refractivity contribution >= 4 is 17.8 Å². The third-order valence-corrected chi connectivity index (χ3v) is 5.77. The zero-order valence-electron chi connectivity index (χ0n) is 20.2. The molecule has 0 saturated carbocycles. The number of carboxylic acids is 2. The van der Waals surface area contributed by atoms with Crippen molar-refractivity contribution in [2.45, 2.75) is 56.1 Å². The zero-order valence-corrected chi connectivity index (χ0v) is 20.2. The van der Waals surface area contributed by atoms with Crippen molar-refractivity contribution in [3.05, 3.63) is 30.1 Å². The van der Waals surface area contributed by atoms with Crippen LogP contribution in [-0.2, 0) is 25.5 Å². The second-order valence-corrected chi connectivity index (χ2v) is 8.63. The number of aromatic nitrogens is 1. The molecule has 1 unspecified atom stereocenters. The van der Waals surface area contributed by atoms with E-state index >= 15 is 0 Å². The molecule has 2 N–H and O–H groups in total. The van der Waals surface area contributed by atoms with E-state index in [2.05, 4.69) is 24.0 Å². The van der Waals surface area contributed by atoms with Crippen molar-refractivity contribution in [1.29, 1.82) is 0 Å². The Kier molecular flexibility index (Phi) is 11.8. The van der Waals surface area contributed by atoms with Crippen LogP contribution in [0.1, 0.15) is 31.4 Å². The van der Waals surface area contributed by atoms with Crippen LogP contribution in [-0.4, -0.2) is 101 Å². The summed E-state index contributed by atoms with van der Waals surface area (Å²) in [4.78, 5) is 38.8. The summed E-state index contributed by atoms with van der Waals surface area (Å²) in [6, 6.07) is 6.31. The summed E-state index contributed by atoms with van der Waals surface area (Å²) in [5.74, 6) is -5.33. The monoisotopic (exact) mass is 545 g/mol.